The molecule has 0 fully saturated rings. The Morgan fingerprint density at radius 3 is 1.56 bits per heavy atom. The van der Waals surface area contributed by atoms with Crippen LogP contribution in [0.25, 0.3) is 0 Å². The van der Waals surface area contributed by atoms with Gasteiger partial charge in [-0.15, -0.1) is 0 Å². The normalized spacial score (nSPS) is 23.6. The molecule has 7 nitrogen and oxygen atoms in total. The first kappa shape index (κ1) is 6.95. The van der Waals surface area contributed by atoms with E-state index in [0.717, 1.165) is 0 Å². The monoisotopic (exact) mass is 318 g/mol. The number of carbonyl (C=O) groups is 1. The van der Waals surface area contributed by atoms with Gasteiger partial charge in [0.05, 0.1) is 11.4 Å². The molecule has 0 aromatic heterocycles. The molecule has 0 radical (unpaired) electrons. The van der Waals surface area contributed by atoms with E-state index in [9.17, 15) is 21.6 Å². The Morgan fingerprint density at radius 1 is 1.00 bits per heavy atom. The van der Waals surface area contributed by atoms with Gasteiger partial charge in [0.25, 0.3) is 20.2 Å². The van der Waals surface area contributed by atoms with Crippen LogP contribution in [0.2, 0.25) is 0 Å². The van der Waals surface area contributed by atoms with E-state index < -0.39 is 71.0 Å². The van der Waals surface area contributed by atoms with E-state index in [1.165, 1.54) is 0 Å². The number of hydrogen-bond acceptors (Lipinski definition) is 7. The number of rotatable bonds is 6. The lowest BCUT2D eigenvalue weighted by molar-refractivity contribution is 0.276. The van der Waals surface area contributed by atoms with Gasteiger partial charge in [0.15, 0.2) is 0 Å². The van der Waals surface area contributed by atoms with E-state index in [4.69, 9.17) is 20.1 Å². The van der Waals surface area contributed by atoms with Crippen LogP contribution < -0.4 is 0 Å². The highest BCUT2D eigenvalue weighted by Gasteiger charge is 2.10. The summed E-state index contributed by atoms with van der Waals surface area (Å²) in [5.74, 6) is 0. The van der Waals surface area contributed by atoms with Crippen molar-refractivity contribution in [2.45, 2.75) is 0 Å². The van der Waals surface area contributed by atoms with Gasteiger partial charge in [0.1, 0.15) is 0 Å². The molecule has 0 aliphatic carbocycles. The molecule has 0 spiro atoms. The van der Waals surface area contributed by atoms with E-state index in [-0.39, 0.29) is 0 Å². The van der Waals surface area contributed by atoms with Crippen molar-refractivity contribution in [1.82, 2.24) is 0 Å². The molecule has 2 N–H and O–H groups in total. The third-order valence-electron chi connectivity index (χ3n) is 0.610. The second-order valence-electron chi connectivity index (χ2n) is 1.81. The molecule has 0 saturated heterocycles. The molecule has 0 atom stereocenters. The Bertz CT molecular complexity index is 653. The van der Waals surface area contributed by atoms with E-state index in [1.54, 1.807) is 0 Å². The molecule has 16 heavy (non-hydrogen) atoms. The average molecular weight is 318 g/mol. The van der Waals surface area contributed by atoms with Gasteiger partial charge in [-0.1, -0.05) is 23.5 Å². The zero-order chi connectivity index (χ0) is 20.0. The smallest absolute Gasteiger partial charge is 0.265 e. The summed E-state index contributed by atoms with van der Waals surface area (Å²) in [4.78, 5) is 11.6. The second kappa shape index (κ2) is 6.81. The van der Waals surface area contributed by atoms with Crippen molar-refractivity contribution in [3.05, 3.63) is 0 Å². The Morgan fingerprint density at radius 2 is 1.31 bits per heavy atom. The standard InChI is InChI=1S/C5H10O7S4/c6-5(13-1-3-15(7,8)9)14-2-4-16(10,11)12/h1-4H2,(H,7,8,9)(H,10,11,12)/i1D2,2D2,3D2,4D2. The van der Waals surface area contributed by atoms with Crippen LogP contribution in [0.4, 0.5) is 4.79 Å². The van der Waals surface area contributed by atoms with Crippen molar-refractivity contribution in [3.63, 3.8) is 0 Å². The van der Waals surface area contributed by atoms with E-state index >= 15 is 0 Å². The first-order chi connectivity index (χ1) is 10.1. The van der Waals surface area contributed by atoms with Crippen LogP contribution in [-0.2, 0) is 20.2 Å². The molecule has 11 heteroatoms. The van der Waals surface area contributed by atoms with Crippen LogP contribution in [0.5, 0.6) is 0 Å². The average Bonchev–Trinajstić information content (AvgIpc) is 2.22. The molecule has 96 valence electrons. The summed E-state index contributed by atoms with van der Waals surface area (Å²) in [6, 6.07) is 0. The molecule has 0 aromatic rings. The summed E-state index contributed by atoms with van der Waals surface area (Å²) in [6.45, 7) is 0. The fraction of sp³-hybridized carbons (Fsp3) is 0.800. The molecule has 0 rings (SSSR count). The second-order valence-corrected chi connectivity index (χ2v) is 5.94. The summed E-state index contributed by atoms with van der Waals surface area (Å²) in [7, 11) is -11.3. The predicted molar refractivity (Wildman–Crippen MR) is 63.1 cm³/mol. The van der Waals surface area contributed by atoms with Crippen molar-refractivity contribution >= 4 is 48.2 Å². The number of hydrogen-bond donors (Lipinski definition) is 2. The quantitative estimate of drug-likeness (QED) is 0.667. The molecule has 0 amide bonds. The molecule has 0 heterocycles. The van der Waals surface area contributed by atoms with E-state index in [2.05, 4.69) is 0 Å². The van der Waals surface area contributed by atoms with Crippen LogP contribution in [0, 0.1) is 0 Å². The van der Waals surface area contributed by atoms with Crippen molar-refractivity contribution in [1.29, 1.82) is 0 Å². The van der Waals surface area contributed by atoms with Gasteiger partial charge in [0, 0.05) is 22.4 Å². The van der Waals surface area contributed by atoms with Gasteiger partial charge in [-0.25, -0.2) is 0 Å². The van der Waals surface area contributed by atoms with Crippen LogP contribution in [0.1, 0.15) is 11.0 Å². The summed E-state index contributed by atoms with van der Waals surface area (Å²) in [5, 5.41) is 0. The third-order valence-corrected chi connectivity index (χ3v) is 2.83. The van der Waals surface area contributed by atoms with Crippen LogP contribution in [0.15, 0.2) is 0 Å². The zero-order valence-electron chi connectivity index (χ0n) is 15.1. The Labute approximate surface area is 113 Å². The fourth-order valence-corrected chi connectivity index (χ4v) is 2.01. The third kappa shape index (κ3) is 12.3. The number of thioether (sulfide) groups is 2. The molecule has 0 bridgehead atoms. The maximum Gasteiger partial charge on any atom is 0.265 e. The molecule has 0 aromatic carbocycles. The van der Waals surface area contributed by atoms with Gasteiger partial charge < -0.3 is 0 Å². The lowest BCUT2D eigenvalue weighted by atomic mass is 11.0. The van der Waals surface area contributed by atoms with Gasteiger partial charge in [0.2, 0.25) is 4.45 Å². The molecular weight excluding hydrogens is 300 g/mol. The largest absolute Gasteiger partial charge is 0.286 e. The van der Waals surface area contributed by atoms with Crippen molar-refractivity contribution < 1.29 is 41.7 Å². The minimum atomic E-state index is -5.63. The van der Waals surface area contributed by atoms with E-state index in [1.807, 2.05) is 0 Å². The molecule has 0 aliphatic rings. The molecule has 0 saturated carbocycles. The topological polar surface area (TPSA) is 126 Å². The minimum absolute atomic E-state index is 0.751. The Kier molecular flexibility index (Phi) is 2.96. The summed E-state index contributed by atoms with van der Waals surface area (Å²) < 4.78 is 116. The van der Waals surface area contributed by atoms with Gasteiger partial charge in [-0.3, -0.25) is 13.9 Å². The molecular formula is C5H10O7S4. The zero-order valence-corrected chi connectivity index (χ0v) is 10.3. The lowest BCUT2D eigenvalue weighted by Crippen LogP contribution is -2.08. The fourth-order valence-electron chi connectivity index (χ4n) is 0.251. The molecule has 0 unspecified atom stereocenters. The Balaban J connectivity index is 5.51. The lowest BCUT2D eigenvalue weighted by Gasteiger charge is -1.98. The van der Waals surface area contributed by atoms with E-state index in [0.29, 0.717) is 0 Å². The van der Waals surface area contributed by atoms with Crippen LogP contribution >= 0.6 is 23.5 Å². The van der Waals surface area contributed by atoms with Gasteiger partial charge in [-0.2, -0.15) is 16.8 Å². The van der Waals surface area contributed by atoms with Crippen molar-refractivity contribution in [2.75, 3.05) is 22.8 Å². The van der Waals surface area contributed by atoms with Crippen LogP contribution in [-0.4, -0.2) is 53.2 Å². The Hall–Kier alpha value is 0.190. The summed E-state index contributed by atoms with van der Waals surface area (Å²) >= 11 is -1.50. The first-order valence-electron chi connectivity index (χ1n) is 6.96. The molecule has 0 aliphatic heterocycles. The first-order valence-corrected chi connectivity index (χ1v) is 7.47. The highest BCUT2D eigenvalue weighted by molar-refractivity contribution is 8.38. The van der Waals surface area contributed by atoms with Crippen LogP contribution in [0.3, 0.4) is 0 Å². The predicted octanol–water partition coefficient (Wildman–Crippen LogP) is 0.348. The maximum absolute atomic E-state index is 11.6. The highest BCUT2D eigenvalue weighted by Crippen LogP contribution is 2.16. The summed E-state index contributed by atoms with van der Waals surface area (Å²) in [5.41, 5.74) is -15.2. The van der Waals surface area contributed by atoms with Gasteiger partial charge >= 0.3 is 0 Å². The van der Waals surface area contributed by atoms with Crippen molar-refractivity contribution in [2.24, 2.45) is 0 Å². The highest BCUT2D eigenvalue weighted by atomic mass is 32.2. The number of carbonyl (C=O) groups excluding carboxylic acids is 1. The SMILES string of the molecule is [2H]C([2H])(SC(=O)SC([2H])([2H])C([2H])([2H])S(=O)(=O)O)C([2H])([2H])S(=O)(=O)O. The maximum atomic E-state index is 11.6. The summed E-state index contributed by atoms with van der Waals surface area (Å²) in [6.07, 6.45) is 0. The van der Waals surface area contributed by atoms with Gasteiger partial charge in [-0.05, 0) is 0 Å². The minimum Gasteiger partial charge on any atom is -0.286 e. The van der Waals surface area contributed by atoms with Crippen molar-refractivity contribution in [3.8, 4) is 0 Å².